The van der Waals surface area contributed by atoms with Crippen LogP contribution in [0.15, 0.2) is 11.6 Å². The number of aliphatic hydroxyl groups excluding tert-OH is 3. The quantitative estimate of drug-likeness (QED) is 0.0703. The third kappa shape index (κ3) is 14.2. The maximum atomic E-state index is 11.7. The lowest BCUT2D eigenvalue weighted by Gasteiger charge is -2.24. The van der Waals surface area contributed by atoms with E-state index in [0.717, 1.165) is 77.0 Å². The van der Waals surface area contributed by atoms with Gasteiger partial charge in [-0.1, -0.05) is 103 Å². The molecule has 256 valence electrons. The molecule has 0 aliphatic carbocycles. The van der Waals surface area contributed by atoms with Gasteiger partial charge in [0.25, 0.3) is 0 Å². The lowest BCUT2D eigenvalue weighted by atomic mass is 10.00. The number of unbranched alkanes of at least 4 members (excludes halogenated alkanes) is 13. The minimum absolute atomic E-state index is 0.0495. The number of rotatable bonds is 25. The second-order valence-electron chi connectivity index (χ2n) is 14.0. The molecule has 8 atom stereocenters. The SMILES string of the molecule is CCCCCCCCCC[C@H](O)[C@@H]1CC[C@H]([C@@H]2CC[C@H]([C@H](O)CCCCCCCCC[C@@H](O)CCC3=C[C@@H](C)OC3=O)O2)O1. The van der Waals surface area contributed by atoms with E-state index < -0.39 is 6.10 Å². The van der Waals surface area contributed by atoms with E-state index in [1.54, 1.807) is 0 Å². The lowest BCUT2D eigenvalue weighted by molar-refractivity contribution is -0.139. The summed E-state index contributed by atoms with van der Waals surface area (Å²) in [7, 11) is 0. The Hall–Kier alpha value is -0.990. The number of esters is 1. The monoisotopic (exact) mass is 622 g/mol. The van der Waals surface area contributed by atoms with Crippen LogP contribution >= 0.6 is 0 Å². The lowest BCUT2D eigenvalue weighted by Crippen LogP contribution is -2.33. The van der Waals surface area contributed by atoms with Gasteiger partial charge in [-0.25, -0.2) is 4.79 Å². The summed E-state index contributed by atoms with van der Waals surface area (Å²) in [6.45, 7) is 4.11. The molecule has 3 aliphatic rings. The van der Waals surface area contributed by atoms with Crippen LogP contribution in [0.25, 0.3) is 0 Å². The molecule has 0 saturated carbocycles. The number of aliphatic hydroxyl groups is 3. The van der Waals surface area contributed by atoms with E-state index in [1.807, 2.05) is 13.0 Å². The average Bonchev–Trinajstić information content (AvgIpc) is 3.76. The van der Waals surface area contributed by atoms with Crippen molar-refractivity contribution in [2.75, 3.05) is 0 Å². The van der Waals surface area contributed by atoms with Gasteiger partial charge in [0.1, 0.15) is 6.10 Å². The highest BCUT2D eigenvalue weighted by Crippen LogP contribution is 2.34. The van der Waals surface area contributed by atoms with Crippen LogP contribution in [-0.4, -0.2) is 70.1 Å². The van der Waals surface area contributed by atoms with Crippen LogP contribution in [0.4, 0.5) is 0 Å². The first-order chi connectivity index (χ1) is 21.4. The molecule has 3 N–H and O–H groups in total. The molecule has 0 unspecified atom stereocenters. The first-order valence-electron chi connectivity index (χ1n) is 18.6. The van der Waals surface area contributed by atoms with Gasteiger partial charge in [-0.2, -0.15) is 0 Å². The van der Waals surface area contributed by atoms with E-state index in [1.165, 1.54) is 64.2 Å². The Bertz CT molecular complexity index is 801. The van der Waals surface area contributed by atoms with Crippen LogP contribution < -0.4 is 0 Å². The maximum Gasteiger partial charge on any atom is 0.334 e. The predicted molar refractivity (Wildman–Crippen MR) is 175 cm³/mol. The van der Waals surface area contributed by atoms with Crippen LogP contribution in [0.5, 0.6) is 0 Å². The second kappa shape index (κ2) is 21.7. The van der Waals surface area contributed by atoms with Crippen molar-refractivity contribution in [2.45, 2.75) is 217 Å². The van der Waals surface area contributed by atoms with Crippen molar-refractivity contribution >= 4 is 5.97 Å². The van der Waals surface area contributed by atoms with E-state index in [9.17, 15) is 20.1 Å². The molecule has 44 heavy (non-hydrogen) atoms. The zero-order valence-corrected chi connectivity index (χ0v) is 28.1. The minimum Gasteiger partial charge on any atom is -0.455 e. The summed E-state index contributed by atoms with van der Waals surface area (Å²) in [6.07, 6.45) is 25.9. The van der Waals surface area contributed by atoms with Crippen LogP contribution in [-0.2, 0) is 19.0 Å². The number of cyclic esters (lactones) is 1. The topological polar surface area (TPSA) is 105 Å². The van der Waals surface area contributed by atoms with Gasteiger partial charge in [0.2, 0.25) is 0 Å². The summed E-state index contributed by atoms with van der Waals surface area (Å²) in [5.41, 5.74) is 0.706. The van der Waals surface area contributed by atoms with Crippen molar-refractivity contribution in [1.29, 1.82) is 0 Å². The molecule has 3 aliphatic heterocycles. The third-order valence-corrected chi connectivity index (χ3v) is 10.1. The van der Waals surface area contributed by atoms with Crippen molar-refractivity contribution in [3.63, 3.8) is 0 Å². The van der Waals surface area contributed by atoms with Gasteiger partial charge < -0.3 is 29.5 Å². The van der Waals surface area contributed by atoms with Crippen LogP contribution in [0.2, 0.25) is 0 Å². The molecule has 0 aromatic rings. The molecule has 2 fully saturated rings. The summed E-state index contributed by atoms with van der Waals surface area (Å²) < 4.78 is 17.7. The predicted octanol–water partition coefficient (Wildman–Crippen LogP) is 7.86. The molecule has 0 amide bonds. The van der Waals surface area contributed by atoms with E-state index in [0.29, 0.717) is 18.4 Å². The molecule has 7 nitrogen and oxygen atoms in total. The highest BCUT2D eigenvalue weighted by molar-refractivity contribution is 5.90. The van der Waals surface area contributed by atoms with E-state index >= 15 is 0 Å². The Morgan fingerprint density at radius 2 is 1.11 bits per heavy atom. The Morgan fingerprint density at radius 3 is 1.57 bits per heavy atom. The van der Waals surface area contributed by atoms with Gasteiger partial charge in [0.05, 0.1) is 42.7 Å². The first-order valence-corrected chi connectivity index (χ1v) is 18.6. The number of hydrogen-bond acceptors (Lipinski definition) is 7. The van der Waals surface area contributed by atoms with Gasteiger partial charge >= 0.3 is 5.97 Å². The number of carbonyl (C=O) groups is 1. The van der Waals surface area contributed by atoms with Crippen LogP contribution in [0.3, 0.4) is 0 Å². The fourth-order valence-electron chi connectivity index (χ4n) is 7.25. The summed E-state index contributed by atoms with van der Waals surface area (Å²) in [6, 6.07) is 0. The fraction of sp³-hybridized carbons (Fsp3) is 0.919. The third-order valence-electron chi connectivity index (χ3n) is 10.1. The van der Waals surface area contributed by atoms with E-state index in [2.05, 4.69) is 6.92 Å². The minimum atomic E-state index is -0.406. The molecule has 0 aromatic carbocycles. The fourth-order valence-corrected chi connectivity index (χ4v) is 7.25. The Kier molecular flexibility index (Phi) is 18.5. The largest absolute Gasteiger partial charge is 0.455 e. The van der Waals surface area contributed by atoms with Crippen molar-refractivity contribution < 1.29 is 34.3 Å². The smallest absolute Gasteiger partial charge is 0.334 e. The van der Waals surface area contributed by atoms with E-state index in [-0.39, 0.29) is 48.7 Å². The van der Waals surface area contributed by atoms with Crippen molar-refractivity contribution in [2.24, 2.45) is 0 Å². The van der Waals surface area contributed by atoms with Gasteiger partial charge in [-0.15, -0.1) is 0 Å². The number of ether oxygens (including phenoxy) is 3. The molecule has 0 bridgehead atoms. The average molecular weight is 623 g/mol. The molecule has 0 radical (unpaired) electrons. The summed E-state index contributed by atoms with van der Waals surface area (Å²) in [5, 5.41) is 31.7. The molecule has 0 spiro atoms. The van der Waals surface area contributed by atoms with Gasteiger partial charge in [-0.3, -0.25) is 0 Å². The van der Waals surface area contributed by atoms with Gasteiger partial charge in [-0.05, 0) is 70.8 Å². The highest BCUT2D eigenvalue weighted by Gasteiger charge is 2.40. The first kappa shape index (κ1) is 37.5. The normalized spacial score (nSPS) is 27.4. The van der Waals surface area contributed by atoms with Gasteiger partial charge in [0.15, 0.2) is 0 Å². The molecule has 3 rings (SSSR count). The Balaban J connectivity index is 1.13. The zero-order chi connectivity index (χ0) is 31.6. The molecule has 3 heterocycles. The number of carbonyl (C=O) groups excluding carboxylic acids is 1. The molecular weight excluding hydrogens is 556 g/mol. The maximum absolute atomic E-state index is 11.7. The van der Waals surface area contributed by atoms with Crippen molar-refractivity contribution in [1.82, 2.24) is 0 Å². The van der Waals surface area contributed by atoms with Crippen LogP contribution in [0, 0.1) is 0 Å². The van der Waals surface area contributed by atoms with Crippen molar-refractivity contribution in [3.8, 4) is 0 Å². The second-order valence-corrected chi connectivity index (χ2v) is 14.0. The van der Waals surface area contributed by atoms with Crippen LogP contribution in [0.1, 0.15) is 168 Å². The summed E-state index contributed by atoms with van der Waals surface area (Å²) in [5.74, 6) is -0.231. The highest BCUT2D eigenvalue weighted by atomic mass is 16.6. The Morgan fingerprint density at radius 1 is 0.659 bits per heavy atom. The summed E-state index contributed by atoms with van der Waals surface area (Å²) >= 11 is 0. The number of hydrogen-bond donors (Lipinski definition) is 3. The van der Waals surface area contributed by atoms with E-state index in [4.69, 9.17) is 14.2 Å². The molecule has 2 saturated heterocycles. The van der Waals surface area contributed by atoms with Crippen molar-refractivity contribution in [3.05, 3.63) is 11.6 Å². The summed E-state index contributed by atoms with van der Waals surface area (Å²) in [4.78, 5) is 11.7. The Labute approximate surface area is 268 Å². The van der Waals surface area contributed by atoms with Gasteiger partial charge in [0, 0.05) is 5.57 Å². The standard InChI is InChI=1S/C37H66O7/c1-3-4-5-6-7-10-13-16-19-31(39)33-23-25-35(43-33)36-26-24-34(44-36)32(40)20-17-14-11-8-9-12-15-18-30(38)22-21-29-27-28(2)42-37(29)41/h27-28,30-36,38-40H,3-26H2,1-2H3/t28-,30-,31+,32-,33+,34-,35-,36+/m1/s1. The zero-order valence-electron chi connectivity index (χ0n) is 28.1. The molecule has 7 heteroatoms. The molecule has 0 aromatic heterocycles. The molecular formula is C37H66O7.